The highest BCUT2D eigenvalue weighted by Gasteiger charge is 2.21. The molecule has 3 heterocycles. The van der Waals surface area contributed by atoms with Crippen molar-refractivity contribution in [1.82, 2.24) is 19.4 Å². The van der Waals surface area contributed by atoms with E-state index in [0.29, 0.717) is 53.6 Å². The van der Waals surface area contributed by atoms with Crippen molar-refractivity contribution in [2.45, 2.75) is 46.6 Å². The number of nitrogens with zero attached hydrogens (tertiary/aromatic N) is 4. The first-order valence-corrected chi connectivity index (χ1v) is 13.0. The number of H-pyrrole nitrogens is 1. The van der Waals surface area contributed by atoms with Gasteiger partial charge in [-0.3, -0.25) is 13.7 Å². The largest absolute Gasteiger partial charge is 0.493 e. The maximum atomic E-state index is 13.0. The van der Waals surface area contributed by atoms with Gasteiger partial charge in [0.25, 0.3) is 16.8 Å². The summed E-state index contributed by atoms with van der Waals surface area (Å²) in [7, 11) is 0. The van der Waals surface area contributed by atoms with E-state index in [9.17, 15) is 13.6 Å². The van der Waals surface area contributed by atoms with Crippen LogP contribution in [-0.2, 0) is 17.8 Å². The van der Waals surface area contributed by atoms with Gasteiger partial charge in [0.1, 0.15) is 17.2 Å². The summed E-state index contributed by atoms with van der Waals surface area (Å²) in [5.74, 6) is 0.934. The Hall–Kier alpha value is -2.69. The number of fused-ring (bicyclic) bond motifs is 1. The van der Waals surface area contributed by atoms with Crippen molar-refractivity contribution in [3.05, 3.63) is 40.3 Å². The maximum Gasteiger partial charge on any atom is 0.261 e. The van der Waals surface area contributed by atoms with Gasteiger partial charge in [0.15, 0.2) is 0 Å². The lowest BCUT2D eigenvalue weighted by Crippen LogP contribution is -2.34. The van der Waals surface area contributed by atoms with Crippen LogP contribution in [-0.4, -0.2) is 61.0 Å². The van der Waals surface area contributed by atoms with Crippen LogP contribution in [0.25, 0.3) is 22.4 Å². The lowest BCUT2D eigenvalue weighted by Gasteiger charge is -2.24. The summed E-state index contributed by atoms with van der Waals surface area (Å²) >= 11 is -2.19. The van der Waals surface area contributed by atoms with E-state index in [1.165, 1.54) is 4.31 Å². The van der Waals surface area contributed by atoms with Gasteiger partial charge in [0.05, 0.1) is 23.2 Å². The highest BCUT2D eigenvalue weighted by molar-refractivity contribution is 7.80. The molecule has 4 rings (SSSR count). The second-order valence-electron chi connectivity index (χ2n) is 8.61. The van der Waals surface area contributed by atoms with Gasteiger partial charge in [-0.2, -0.15) is 0 Å². The summed E-state index contributed by atoms with van der Waals surface area (Å²) in [6.07, 6.45) is 5.20. The second-order valence-corrected chi connectivity index (χ2v) is 9.52. The Labute approximate surface area is 202 Å². The van der Waals surface area contributed by atoms with Crippen molar-refractivity contribution < 1.29 is 13.5 Å². The molecule has 0 radical (unpaired) electrons. The van der Waals surface area contributed by atoms with Gasteiger partial charge in [-0.1, -0.05) is 6.92 Å². The predicted molar refractivity (Wildman–Crippen MR) is 136 cm³/mol. The number of ether oxygens (including phenoxy) is 1. The molecule has 0 bridgehead atoms. The SMILES string of the molecule is CCCn1cc(C)c2c(=O)[nH]c(-c3cc(N(CCN4CCCC4)S(=O)O)ccc3OCC)nc21. The maximum absolute atomic E-state index is 13.0. The molecule has 0 aliphatic carbocycles. The molecule has 1 atom stereocenters. The van der Waals surface area contributed by atoms with Crippen LogP contribution < -0.4 is 14.6 Å². The van der Waals surface area contributed by atoms with Crippen LogP contribution in [0.4, 0.5) is 5.69 Å². The van der Waals surface area contributed by atoms with Crippen molar-refractivity contribution in [3.8, 4) is 17.1 Å². The molecule has 0 saturated carbocycles. The van der Waals surface area contributed by atoms with E-state index >= 15 is 0 Å². The fourth-order valence-corrected chi connectivity index (χ4v) is 5.13. The molecule has 34 heavy (non-hydrogen) atoms. The Bertz CT molecular complexity index is 1230. The number of nitrogens with one attached hydrogen (secondary N) is 1. The zero-order valence-electron chi connectivity index (χ0n) is 20.0. The average Bonchev–Trinajstić information content (AvgIpc) is 3.43. The first-order valence-electron chi connectivity index (χ1n) is 11.9. The Kier molecular flexibility index (Phi) is 7.70. The van der Waals surface area contributed by atoms with E-state index in [2.05, 4.69) is 16.8 Å². The highest BCUT2D eigenvalue weighted by Crippen LogP contribution is 2.33. The van der Waals surface area contributed by atoms with E-state index in [0.717, 1.165) is 44.5 Å². The number of benzene rings is 1. The van der Waals surface area contributed by atoms with Crippen molar-refractivity contribution in [2.24, 2.45) is 0 Å². The van der Waals surface area contributed by atoms with E-state index in [1.54, 1.807) is 18.2 Å². The molecular weight excluding hydrogens is 454 g/mol. The monoisotopic (exact) mass is 487 g/mol. The molecule has 10 heteroatoms. The molecule has 1 aliphatic heterocycles. The average molecular weight is 488 g/mol. The van der Waals surface area contributed by atoms with Gasteiger partial charge in [-0.25, -0.2) is 9.19 Å². The van der Waals surface area contributed by atoms with E-state index in [1.807, 2.05) is 24.6 Å². The molecule has 1 fully saturated rings. The minimum atomic E-state index is -2.19. The fraction of sp³-hybridized carbons (Fsp3) is 0.500. The quantitative estimate of drug-likeness (QED) is 0.424. The zero-order chi connectivity index (χ0) is 24.2. The van der Waals surface area contributed by atoms with E-state index in [-0.39, 0.29) is 5.56 Å². The third-order valence-electron chi connectivity index (χ3n) is 6.19. The Morgan fingerprint density at radius 3 is 2.68 bits per heavy atom. The van der Waals surface area contributed by atoms with Crippen LogP contribution in [0.5, 0.6) is 5.75 Å². The number of aromatic amines is 1. The van der Waals surface area contributed by atoms with Gasteiger partial charge >= 0.3 is 0 Å². The fourth-order valence-electron chi connectivity index (χ4n) is 4.60. The lowest BCUT2D eigenvalue weighted by molar-refractivity contribution is 0.341. The molecule has 1 aromatic carbocycles. The Balaban J connectivity index is 1.77. The molecule has 3 aromatic rings. The third kappa shape index (κ3) is 5.03. The molecule has 1 unspecified atom stereocenters. The van der Waals surface area contributed by atoms with Gasteiger partial charge < -0.3 is 19.2 Å². The molecule has 0 amide bonds. The predicted octanol–water partition coefficient (Wildman–Crippen LogP) is 3.55. The standard InChI is InChI=1S/C24H33N5O4S/c1-4-10-28-16-17(3)21-23(28)25-22(26-24(21)30)19-15-18(8-9-20(19)33-5-2)29(34(31)32)14-13-27-11-6-7-12-27/h8-9,15-16H,4-7,10-14H2,1-3H3,(H,31,32)(H,25,26,30). The number of hydrogen-bond donors (Lipinski definition) is 2. The molecular formula is C24H33N5O4S. The van der Waals surface area contributed by atoms with E-state index < -0.39 is 11.3 Å². The zero-order valence-corrected chi connectivity index (χ0v) is 20.9. The van der Waals surface area contributed by atoms with Crippen molar-refractivity contribution >= 4 is 28.0 Å². The summed E-state index contributed by atoms with van der Waals surface area (Å²) in [4.78, 5) is 23.0. The summed E-state index contributed by atoms with van der Waals surface area (Å²) in [6.45, 7) is 10.2. The van der Waals surface area contributed by atoms with E-state index in [4.69, 9.17) is 9.72 Å². The summed E-state index contributed by atoms with van der Waals surface area (Å²) in [5.41, 5.74) is 2.45. The summed E-state index contributed by atoms with van der Waals surface area (Å²) < 4.78 is 31.5. The normalized spacial score (nSPS) is 15.2. The van der Waals surface area contributed by atoms with Crippen molar-refractivity contribution in [2.75, 3.05) is 37.1 Å². The van der Waals surface area contributed by atoms with Gasteiger partial charge in [0, 0.05) is 25.8 Å². The smallest absolute Gasteiger partial charge is 0.261 e. The molecule has 2 aromatic heterocycles. The molecule has 1 saturated heterocycles. The minimum absolute atomic E-state index is 0.211. The third-order valence-corrected chi connectivity index (χ3v) is 6.96. The second kappa shape index (κ2) is 10.7. The molecule has 184 valence electrons. The van der Waals surface area contributed by atoms with Gasteiger partial charge in [-0.15, -0.1) is 0 Å². The van der Waals surface area contributed by atoms with Crippen molar-refractivity contribution in [1.29, 1.82) is 0 Å². The highest BCUT2D eigenvalue weighted by atomic mass is 32.2. The first kappa shape index (κ1) is 24.4. The summed E-state index contributed by atoms with van der Waals surface area (Å²) in [6, 6.07) is 5.31. The van der Waals surface area contributed by atoms with Crippen molar-refractivity contribution in [3.63, 3.8) is 0 Å². The van der Waals surface area contributed by atoms with Crippen LogP contribution >= 0.6 is 0 Å². The number of rotatable bonds is 10. The van der Waals surface area contributed by atoms with Crippen LogP contribution in [0.3, 0.4) is 0 Å². The Morgan fingerprint density at radius 2 is 2.00 bits per heavy atom. The number of hydrogen-bond acceptors (Lipinski definition) is 5. The number of anilines is 1. The molecule has 9 nitrogen and oxygen atoms in total. The minimum Gasteiger partial charge on any atom is -0.493 e. The summed E-state index contributed by atoms with van der Waals surface area (Å²) in [5, 5.41) is 0.579. The topological polar surface area (TPSA) is 104 Å². The van der Waals surface area contributed by atoms with Gasteiger partial charge in [-0.05, 0) is 70.0 Å². The van der Waals surface area contributed by atoms with Crippen LogP contribution in [0.2, 0.25) is 0 Å². The van der Waals surface area contributed by atoms with Gasteiger partial charge in [0.2, 0.25) is 0 Å². The van der Waals surface area contributed by atoms with Crippen LogP contribution in [0, 0.1) is 6.92 Å². The molecule has 2 N–H and O–H groups in total. The number of aryl methyl sites for hydroxylation is 2. The number of aromatic nitrogens is 3. The Morgan fingerprint density at radius 1 is 1.24 bits per heavy atom. The van der Waals surface area contributed by atoms with Crippen LogP contribution in [0.1, 0.15) is 38.7 Å². The molecule has 0 spiro atoms. The first-order chi connectivity index (χ1) is 16.4. The molecule has 1 aliphatic rings. The lowest BCUT2D eigenvalue weighted by atomic mass is 10.1. The number of likely N-dealkylation sites (tertiary alicyclic amines) is 1. The van der Waals surface area contributed by atoms with Crippen LogP contribution in [0.15, 0.2) is 29.2 Å².